The lowest BCUT2D eigenvalue weighted by Gasteiger charge is -2.18. The average Bonchev–Trinajstić information content (AvgIpc) is 2.45. The predicted molar refractivity (Wildman–Crippen MR) is 78.0 cm³/mol. The maximum Gasteiger partial charge on any atom is 0.292 e. The Kier molecular flexibility index (Phi) is 4.55. The van der Waals surface area contributed by atoms with Crippen LogP contribution in [0.1, 0.15) is 11.6 Å². The summed E-state index contributed by atoms with van der Waals surface area (Å²) in [5.74, 6) is 0. The molecule has 0 amide bonds. The number of nitrogens with zero attached hydrogens (tertiary/aromatic N) is 1. The van der Waals surface area contributed by atoms with Crippen molar-refractivity contribution in [3.63, 3.8) is 0 Å². The topological polar surface area (TPSA) is 75.4 Å². The van der Waals surface area contributed by atoms with Crippen molar-refractivity contribution < 1.29 is 10.0 Å². The molecule has 0 aliphatic carbocycles. The van der Waals surface area contributed by atoms with Gasteiger partial charge in [-0.3, -0.25) is 10.1 Å². The molecule has 2 rings (SSSR count). The van der Waals surface area contributed by atoms with E-state index in [1.165, 1.54) is 18.2 Å². The van der Waals surface area contributed by atoms with Gasteiger partial charge < -0.3 is 10.4 Å². The third-order valence-corrected chi connectivity index (χ3v) is 3.10. The minimum atomic E-state index is -0.488. The first-order valence-electron chi connectivity index (χ1n) is 5.98. The van der Waals surface area contributed by atoms with Crippen LogP contribution in [0.3, 0.4) is 0 Å². The summed E-state index contributed by atoms with van der Waals surface area (Å²) in [5, 5.41) is 23.8. The van der Waals surface area contributed by atoms with Crippen LogP contribution in [-0.2, 0) is 0 Å². The lowest BCUT2D eigenvalue weighted by atomic mass is 10.1. The molecule has 2 aromatic carbocycles. The molecule has 2 N–H and O–H groups in total. The molecule has 0 bridgehead atoms. The Morgan fingerprint density at radius 2 is 1.95 bits per heavy atom. The normalized spacial score (nSPS) is 11.9. The maximum absolute atomic E-state index is 11.0. The highest BCUT2D eigenvalue weighted by molar-refractivity contribution is 6.31. The molecule has 0 spiro atoms. The van der Waals surface area contributed by atoms with Crippen LogP contribution in [0.4, 0.5) is 11.4 Å². The third-order valence-electron chi connectivity index (χ3n) is 2.87. The van der Waals surface area contributed by atoms with Crippen LogP contribution in [0.15, 0.2) is 48.5 Å². The molecule has 0 heterocycles. The molecule has 0 aliphatic rings. The van der Waals surface area contributed by atoms with E-state index in [4.69, 9.17) is 11.6 Å². The number of nitro groups is 1. The van der Waals surface area contributed by atoms with Gasteiger partial charge in [-0.15, -0.1) is 0 Å². The van der Waals surface area contributed by atoms with Gasteiger partial charge in [-0.25, -0.2) is 0 Å². The van der Waals surface area contributed by atoms with Crippen molar-refractivity contribution in [1.29, 1.82) is 0 Å². The van der Waals surface area contributed by atoms with Crippen molar-refractivity contribution in [3.05, 3.63) is 69.2 Å². The second-order valence-corrected chi connectivity index (χ2v) is 4.65. The van der Waals surface area contributed by atoms with E-state index in [0.717, 1.165) is 5.56 Å². The molecule has 0 aliphatic heterocycles. The van der Waals surface area contributed by atoms with Crippen molar-refractivity contribution in [3.8, 4) is 0 Å². The van der Waals surface area contributed by atoms with Gasteiger partial charge in [0.2, 0.25) is 0 Å². The first kappa shape index (κ1) is 14.3. The van der Waals surface area contributed by atoms with Crippen LogP contribution in [0.2, 0.25) is 5.02 Å². The molecule has 6 heteroatoms. The molecule has 20 heavy (non-hydrogen) atoms. The monoisotopic (exact) mass is 292 g/mol. The highest BCUT2D eigenvalue weighted by Gasteiger charge is 2.18. The number of hydrogen-bond acceptors (Lipinski definition) is 4. The molecular weight excluding hydrogens is 280 g/mol. The summed E-state index contributed by atoms with van der Waals surface area (Å²) in [7, 11) is 0. The molecule has 5 nitrogen and oxygen atoms in total. The smallest absolute Gasteiger partial charge is 0.292 e. The van der Waals surface area contributed by atoms with E-state index in [9.17, 15) is 15.2 Å². The van der Waals surface area contributed by atoms with Gasteiger partial charge in [0.15, 0.2) is 0 Å². The number of nitro benzene ring substituents is 1. The summed E-state index contributed by atoms with van der Waals surface area (Å²) in [6, 6.07) is 13.1. The zero-order valence-electron chi connectivity index (χ0n) is 10.5. The largest absolute Gasteiger partial charge is 0.394 e. The average molecular weight is 293 g/mol. The maximum atomic E-state index is 11.0. The van der Waals surface area contributed by atoms with Gasteiger partial charge in [0.05, 0.1) is 17.6 Å². The number of aliphatic hydroxyl groups excluding tert-OH is 1. The molecule has 0 saturated carbocycles. The number of benzene rings is 2. The number of nitrogens with one attached hydrogen (secondary N) is 1. The quantitative estimate of drug-likeness (QED) is 0.654. The van der Waals surface area contributed by atoms with Crippen LogP contribution in [0, 0.1) is 10.1 Å². The van der Waals surface area contributed by atoms with E-state index in [-0.39, 0.29) is 18.0 Å². The van der Waals surface area contributed by atoms with Gasteiger partial charge in [0.25, 0.3) is 5.69 Å². The van der Waals surface area contributed by atoms with Crippen molar-refractivity contribution in [1.82, 2.24) is 0 Å². The summed E-state index contributed by atoms with van der Waals surface area (Å²) < 4.78 is 0. The molecule has 0 aromatic heterocycles. The molecule has 0 fully saturated rings. The van der Waals surface area contributed by atoms with E-state index >= 15 is 0 Å². The Morgan fingerprint density at radius 3 is 2.55 bits per heavy atom. The molecule has 0 radical (unpaired) electrons. The van der Waals surface area contributed by atoms with E-state index in [1.807, 2.05) is 30.3 Å². The zero-order chi connectivity index (χ0) is 14.5. The highest BCUT2D eigenvalue weighted by atomic mass is 35.5. The number of halogens is 1. The van der Waals surface area contributed by atoms with E-state index in [0.29, 0.717) is 5.02 Å². The SMILES string of the molecule is O=[N+]([O-])c1ccc(Cl)cc1NC(CO)c1ccccc1. The lowest BCUT2D eigenvalue weighted by Crippen LogP contribution is -2.15. The fraction of sp³-hybridized carbons (Fsp3) is 0.143. The lowest BCUT2D eigenvalue weighted by molar-refractivity contribution is -0.384. The fourth-order valence-corrected chi connectivity index (χ4v) is 2.06. The van der Waals surface area contributed by atoms with Gasteiger partial charge in [-0.05, 0) is 17.7 Å². The summed E-state index contributed by atoms with van der Waals surface area (Å²) in [4.78, 5) is 10.5. The van der Waals surface area contributed by atoms with Crippen LogP contribution >= 0.6 is 11.6 Å². The predicted octanol–water partition coefficient (Wildman–Crippen LogP) is 3.39. The van der Waals surface area contributed by atoms with Crippen LogP contribution in [0.5, 0.6) is 0 Å². The highest BCUT2D eigenvalue weighted by Crippen LogP contribution is 2.30. The Labute approximate surface area is 121 Å². The first-order chi connectivity index (χ1) is 9.61. The second kappa shape index (κ2) is 6.36. The molecule has 1 unspecified atom stereocenters. The Hall–Kier alpha value is -2.11. The molecule has 0 saturated heterocycles. The Bertz CT molecular complexity index is 605. The van der Waals surface area contributed by atoms with Crippen LogP contribution in [-0.4, -0.2) is 16.6 Å². The second-order valence-electron chi connectivity index (χ2n) is 4.21. The van der Waals surface area contributed by atoms with Gasteiger partial charge >= 0.3 is 0 Å². The van der Waals surface area contributed by atoms with E-state index in [1.54, 1.807) is 0 Å². The van der Waals surface area contributed by atoms with Crippen molar-refractivity contribution in [2.24, 2.45) is 0 Å². The number of aliphatic hydroxyl groups is 1. The van der Waals surface area contributed by atoms with Gasteiger partial charge in [-0.2, -0.15) is 0 Å². The zero-order valence-corrected chi connectivity index (χ0v) is 11.2. The summed E-state index contributed by atoms with van der Waals surface area (Å²) in [6.07, 6.45) is 0. The molecule has 2 aromatic rings. The summed E-state index contributed by atoms with van der Waals surface area (Å²) in [6.45, 7) is -0.187. The summed E-state index contributed by atoms with van der Waals surface area (Å²) in [5.41, 5.74) is 1.04. The van der Waals surface area contributed by atoms with Crippen molar-refractivity contribution in [2.45, 2.75) is 6.04 Å². The fourth-order valence-electron chi connectivity index (χ4n) is 1.89. The number of hydrogen-bond donors (Lipinski definition) is 2. The molecular formula is C14H13ClN2O3. The van der Waals surface area contributed by atoms with Crippen molar-refractivity contribution >= 4 is 23.0 Å². The Balaban J connectivity index is 2.32. The minimum absolute atomic E-state index is 0.0798. The van der Waals surface area contributed by atoms with Crippen molar-refractivity contribution in [2.75, 3.05) is 11.9 Å². The minimum Gasteiger partial charge on any atom is -0.394 e. The van der Waals surface area contributed by atoms with Crippen LogP contribution < -0.4 is 5.32 Å². The van der Waals surface area contributed by atoms with E-state index in [2.05, 4.69) is 5.32 Å². The third kappa shape index (κ3) is 3.26. The Morgan fingerprint density at radius 1 is 1.25 bits per heavy atom. The van der Waals surface area contributed by atoms with Crippen LogP contribution in [0.25, 0.3) is 0 Å². The van der Waals surface area contributed by atoms with Gasteiger partial charge in [0.1, 0.15) is 5.69 Å². The van der Waals surface area contributed by atoms with Gasteiger partial charge in [-0.1, -0.05) is 41.9 Å². The summed E-state index contributed by atoms with van der Waals surface area (Å²) >= 11 is 5.87. The number of anilines is 1. The molecule has 104 valence electrons. The number of rotatable bonds is 5. The molecule has 1 atom stereocenters. The van der Waals surface area contributed by atoms with Gasteiger partial charge in [0, 0.05) is 11.1 Å². The van der Waals surface area contributed by atoms with E-state index < -0.39 is 11.0 Å². The standard InChI is InChI=1S/C14H13ClN2O3/c15-11-6-7-14(17(19)20)12(8-11)16-13(9-18)10-4-2-1-3-5-10/h1-8,13,16,18H,9H2. The first-order valence-corrected chi connectivity index (χ1v) is 6.36.